The molecule has 284 valence electrons. The number of benzene rings is 4. The van der Waals surface area contributed by atoms with Crippen LogP contribution in [0.1, 0.15) is 66.3 Å². The van der Waals surface area contributed by atoms with Crippen LogP contribution in [0.15, 0.2) is 103 Å². The number of rotatable bonds is 16. The molecule has 2 saturated carbocycles. The van der Waals surface area contributed by atoms with Gasteiger partial charge >= 0.3 is 0 Å². The number of methoxy groups -OCH3 is 1. The first-order chi connectivity index (χ1) is 26.6. The molecule has 4 aromatic rings. The first-order valence-corrected chi connectivity index (χ1v) is 20.0. The van der Waals surface area contributed by atoms with E-state index in [-0.39, 0.29) is 25.0 Å². The van der Waals surface area contributed by atoms with Crippen LogP contribution in [0.25, 0.3) is 0 Å². The highest BCUT2D eigenvalue weighted by Crippen LogP contribution is 2.66. The summed E-state index contributed by atoms with van der Waals surface area (Å²) in [7, 11) is 1.66. The van der Waals surface area contributed by atoms with Crippen molar-refractivity contribution in [2.75, 3.05) is 53.4 Å². The van der Waals surface area contributed by atoms with Gasteiger partial charge in [0, 0.05) is 25.3 Å². The second-order valence-corrected chi connectivity index (χ2v) is 15.9. The number of nitrogens with zero attached hydrogens (tertiary/aromatic N) is 1. The Hall–Kier alpha value is -3.76. The third-order valence-electron chi connectivity index (χ3n) is 13.2. The average molecular weight is 732 g/mol. The van der Waals surface area contributed by atoms with Gasteiger partial charge in [-0.25, -0.2) is 0 Å². The van der Waals surface area contributed by atoms with Crippen LogP contribution in [-0.4, -0.2) is 87.3 Å². The summed E-state index contributed by atoms with van der Waals surface area (Å²) in [6.07, 6.45) is 6.34. The molecule has 8 nitrogen and oxygen atoms in total. The first kappa shape index (κ1) is 35.9. The molecule has 1 spiro atoms. The number of piperidine rings is 1. The van der Waals surface area contributed by atoms with E-state index in [1.165, 1.54) is 24.8 Å². The predicted molar refractivity (Wildman–Crippen MR) is 206 cm³/mol. The molecule has 2 heterocycles. The van der Waals surface area contributed by atoms with Gasteiger partial charge in [0.1, 0.15) is 11.7 Å². The fourth-order valence-corrected chi connectivity index (χ4v) is 10.6. The molecule has 1 saturated heterocycles. The summed E-state index contributed by atoms with van der Waals surface area (Å²) < 4.78 is 38.1. The molecule has 1 N–H and O–H groups in total. The molecule has 5 atom stereocenters. The minimum Gasteiger partial charge on any atom is -0.482 e. The molecule has 0 radical (unpaired) electrons. The summed E-state index contributed by atoms with van der Waals surface area (Å²) in [5.74, 6) is 2.15. The molecule has 2 aliphatic heterocycles. The molecule has 3 fully saturated rings. The van der Waals surface area contributed by atoms with Crippen molar-refractivity contribution in [1.82, 2.24) is 4.90 Å². The van der Waals surface area contributed by atoms with Gasteiger partial charge in [-0.15, -0.1) is 0 Å². The monoisotopic (exact) mass is 731 g/mol. The van der Waals surface area contributed by atoms with Gasteiger partial charge in [0.2, 0.25) is 0 Å². The number of hydrogen-bond donors (Lipinski definition) is 1. The normalized spacial score (nSPS) is 27.2. The second kappa shape index (κ2) is 15.1. The Kier molecular flexibility index (Phi) is 10.0. The highest BCUT2D eigenvalue weighted by molar-refractivity contribution is 5.63. The number of aliphatic hydroxyl groups is 1. The molecule has 0 amide bonds. The van der Waals surface area contributed by atoms with E-state index < -0.39 is 16.6 Å². The Morgan fingerprint density at radius 1 is 0.796 bits per heavy atom. The molecule has 8 heteroatoms. The van der Waals surface area contributed by atoms with Crippen molar-refractivity contribution in [2.45, 2.75) is 79.8 Å². The fourth-order valence-electron chi connectivity index (χ4n) is 10.6. The van der Waals surface area contributed by atoms with Crippen LogP contribution in [0.5, 0.6) is 11.5 Å². The molecular weight excluding hydrogens is 679 g/mol. The largest absolute Gasteiger partial charge is 0.482 e. The van der Waals surface area contributed by atoms with Crippen molar-refractivity contribution in [3.63, 3.8) is 0 Å². The number of likely N-dealkylation sites (tertiary alicyclic amines) is 1. The lowest BCUT2D eigenvalue weighted by atomic mass is 9.48. The maximum atomic E-state index is 13.1. The zero-order valence-electron chi connectivity index (χ0n) is 31.4. The molecule has 54 heavy (non-hydrogen) atoms. The van der Waals surface area contributed by atoms with E-state index in [2.05, 4.69) is 83.8 Å². The smallest absolute Gasteiger partial charge is 0.189 e. The van der Waals surface area contributed by atoms with Crippen LogP contribution >= 0.6 is 0 Å². The maximum absolute atomic E-state index is 13.1. The van der Waals surface area contributed by atoms with E-state index in [9.17, 15) is 5.11 Å². The Balaban J connectivity index is 1.00. The van der Waals surface area contributed by atoms with E-state index in [4.69, 9.17) is 28.4 Å². The number of hydrogen-bond acceptors (Lipinski definition) is 8. The maximum Gasteiger partial charge on any atom is 0.189 e. The van der Waals surface area contributed by atoms with Gasteiger partial charge in [-0.1, -0.05) is 103 Å². The van der Waals surface area contributed by atoms with Crippen LogP contribution in [0, 0.1) is 5.92 Å². The third kappa shape index (κ3) is 5.89. The van der Waals surface area contributed by atoms with Gasteiger partial charge in [-0.3, -0.25) is 4.90 Å². The zero-order chi connectivity index (χ0) is 36.6. The lowest BCUT2D eigenvalue weighted by molar-refractivity contribution is -0.218. The van der Waals surface area contributed by atoms with Crippen LogP contribution in [0.3, 0.4) is 0 Å². The Morgan fingerprint density at radius 2 is 1.48 bits per heavy atom. The van der Waals surface area contributed by atoms with Gasteiger partial charge in [0.05, 0.1) is 43.5 Å². The lowest BCUT2D eigenvalue weighted by Crippen LogP contribution is -2.77. The molecule has 4 aromatic carbocycles. The Bertz CT molecular complexity index is 1770. The van der Waals surface area contributed by atoms with E-state index >= 15 is 0 Å². The Morgan fingerprint density at radius 3 is 2.11 bits per heavy atom. The van der Waals surface area contributed by atoms with Crippen molar-refractivity contribution in [2.24, 2.45) is 5.92 Å². The summed E-state index contributed by atoms with van der Waals surface area (Å²) in [5.41, 5.74) is 3.24. The third-order valence-corrected chi connectivity index (χ3v) is 13.2. The summed E-state index contributed by atoms with van der Waals surface area (Å²) in [6, 6.07) is 35.7. The highest BCUT2D eigenvalue weighted by Gasteiger charge is 2.73. The van der Waals surface area contributed by atoms with E-state index in [1.54, 1.807) is 7.11 Å². The summed E-state index contributed by atoms with van der Waals surface area (Å²) in [5, 5.41) is 13.1. The Labute approximate surface area is 319 Å². The van der Waals surface area contributed by atoms with E-state index in [0.29, 0.717) is 45.0 Å². The van der Waals surface area contributed by atoms with Gasteiger partial charge in [0.25, 0.3) is 0 Å². The fraction of sp³-hybridized carbons (Fsp3) is 0.478. The lowest BCUT2D eigenvalue weighted by Gasteiger charge is -2.64. The molecule has 3 aliphatic carbocycles. The van der Waals surface area contributed by atoms with Crippen molar-refractivity contribution >= 4 is 0 Å². The zero-order valence-corrected chi connectivity index (χ0v) is 31.4. The van der Waals surface area contributed by atoms with Gasteiger partial charge in [0.15, 0.2) is 18.3 Å². The average Bonchev–Trinajstić information content (AvgIpc) is 3.55. The van der Waals surface area contributed by atoms with Crippen molar-refractivity contribution in [3.8, 4) is 11.5 Å². The summed E-state index contributed by atoms with van der Waals surface area (Å²) >= 11 is 0. The summed E-state index contributed by atoms with van der Waals surface area (Å²) in [4.78, 5) is 2.62. The summed E-state index contributed by atoms with van der Waals surface area (Å²) in [6.45, 7) is 3.80. The van der Waals surface area contributed by atoms with Gasteiger partial charge < -0.3 is 33.5 Å². The first-order valence-electron chi connectivity index (χ1n) is 20.0. The topological polar surface area (TPSA) is 78.9 Å². The molecular formula is C46H53NO7. The van der Waals surface area contributed by atoms with Crippen LogP contribution in [0.4, 0.5) is 0 Å². The SMILES string of the molecule is COCCOCOc1ccc2c3c1OC1C(OCCOC(c4ccccc4)(c4ccccc4)c4ccccc4)CC[C@@]4(O)[C@@H](C2)N(CC2CCC2)CC[C@]314. The minimum absolute atomic E-state index is 0.0491. The molecule has 2 unspecified atom stereocenters. The van der Waals surface area contributed by atoms with E-state index in [0.717, 1.165) is 59.9 Å². The van der Waals surface area contributed by atoms with E-state index in [1.807, 2.05) is 24.3 Å². The van der Waals surface area contributed by atoms with Gasteiger partial charge in [-0.2, -0.15) is 0 Å². The van der Waals surface area contributed by atoms with Crippen LogP contribution in [0.2, 0.25) is 0 Å². The van der Waals surface area contributed by atoms with Crippen molar-refractivity contribution in [3.05, 3.63) is 131 Å². The molecule has 5 aliphatic rings. The van der Waals surface area contributed by atoms with Crippen molar-refractivity contribution < 1.29 is 33.5 Å². The number of ether oxygens (including phenoxy) is 6. The van der Waals surface area contributed by atoms with Crippen LogP contribution in [-0.2, 0) is 36.4 Å². The second-order valence-electron chi connectivity index (χ2n) is 15.9. The van der Waals surface area contributed by atoms with Crippen molar-refractivity contribution in [1.29, 1.82) is 0 Å². The molecule has 2 bridgehead atoms. The highest BCUT2D eigenvalue weighted by atomic mass is 16.7. The van der Waals surface area contributed by atoms with Gasteiger partial charge in [-0.05, 0) is 79.3 Å². The molecule has 9 rings (SSSR count). The minimum atomic E-state index is -0.926. The predicted octanol–water partition coefficient (Wildman–Crippen LogP) is 7.03. The quantitative estimate of drug-likeness (QED) is 0.0748. The standard InChI is InChI=1S/C46H53NO7/c1-49-26-27-50-32-52-38-21-20-34-30-40-45(48)23-22-39(43-44(45,41(34)42(38)54-43)24-25-47(40)31-33-12-11-13-33)51-28-29-53-46(35-14-5-2-6-15-35,36-16-7-3-8-17-36)37-18-9-4-10-19-37/h2-10,14-21,33,39-40,43,48H,11-13,22-32H2,1H3/t39?,40-,43?,44+,45-/m1/s1. The van der Waals surface area contributed by atoms with Crippen LogP contribution < -0.4 is 9.47 Å². The molecule has 0 aromatic heterocycles.